The van der Waals surface area contributed by atoms with Gasteiger partial charge in [0.15, 0.2) is 0 Å². The van der Waals surface area contributed by atoms with Crippen LogP contribution in [0.2, 0.25) is 0 Å². The first-order chi connectivity index (χ1) is 11.2. The third kappa shape index (κ3) is 3.63. The van der Waals surface area contributed by atoms with Crippen LogP contribution in [0, 0.1) is 11.3 Å². The number of nitrogens with one attached hydrogen (secondary N) is 1. The summed E-state index contributed by atoms with van der Waals surface area (Å²) in [5.41, 5.74) is 2.34. The predicted octanol–water partition coefficient (Wildman–Crippen LogP) is 2.77. The quantitative estimate of drug-likeness (QED) is 0.939. The van der Waals surface area contributed by atoms with E-state index in [2.05, 4.69) is 23.3 Å². The number of nitriles is 1. The molecule has 1 aliphatic heterocycles. The van der Waals surface area contributed by atoms with Crippen LogP contribution in [0.3, 0.4) is 0 Å². The Labute approximate surface area is 139 Å². The van der Waals surface area contributed by atoms with Crippen LogP contribution in [0.1, 0.15) is 24.6 Å². The molecule has 6 heteroatoms. The summed E-state index contributed by atoms with van der Waals surface area (Å²) in [7, 11) is 0. The smallest absolute Gasteiger partial charge is 0.257 e. The number of thioether (sulfide) groups is 1. The molecule has 1 aromatic heterocycles. The summed E-state index contributed by atoms with van der Waals surface area (Å²) in [6.07, 6.45) is 6.51. The Bertz CT molecular complexity index is 786. The summed E-state index contributed by atoms with van der Waals surface area (Å²) in [6, 6.07) is 9.36. The number of carbonyl (C=O) groups excluding carboxylic acids is 1. The molecule has 0 aliphatic carbocycles. The third-order valence-corrected chi connectivity index (χ3v) is 4.75. The van der Waals surface area contributed by atoms with E-state index in [1.807, 2.05) is 29.0 Å². The topological polar surface area (TPSA) is 70.7 Å². The number of nitrogens with zero attached hydrogens (tertiary/aromatic N) is 3. The second kappa shape index (κ2) is 6.71. The number of benzene rings is 1. The Hall–Kier alpha value is -2.52. The fraction of sp³-hybridized carbons (Fsp3) is 0.235. The van der Waals surface area contributed by atoms with Gasteiger partial charge in [0.25, 0.3) is 5.91 Å². The van der Waals surface area contributed by atoms with E-state index >= 15 is 0 Å². The third-order valence-electron chi connectivity index (χ3n) is 3.55. The Morgan fingerprint density at radius 2 is 2.26 bits per heavy atom. The number of hydrogen-bond acceptors (Lipinski definition) is 4. The normalized spacial score (nSPS) is 16.7. The van der Waals surface area contributed by atoms with Crippen LogP contribution in [-0.4, -0.2) is 20.7 Å². The molecule has 5 nitrogen and oxygen atoms in total. The van der Waals surface area contributed by atoms with E-state index in [4.69, 9.17) is 5.26 Å². The van der Waals surface area contributed by atoms with Gasteiger partial charge in [-0.25, -0.2) is 4.98 Å². The van der Waals surface area contributed by atoms with Crippen LogP contribution in [-0.2, 0) is 11.3 Å². The number of carbonyl (C=O) groups is 1. The van der Waals surface area contributed by atoms with Gasteiger partial charge in [-0.3, -0.25) is 4.79 Å². The minimum Gasteiger partial charge on any atom is -0.346 e. The van der Waals surface area contributed by atoms with Gasteiger partial charge in [-0.15, -0.1) is 11.8 Å². The van der Waals surface area contributed by atoms with Crippen LogP contribution in [0.5, 0.6) is 0 Å². The number of aromatic nitrogens is 2. The second-order valence-electron chi connectivity index (χ2n) is 5.35. The average molecular weight is 324 g/mol. The molecule has 0 spiro atoms. The van der Waals surface area contributed by atoms with Crippen molar-refractivity contribution in [3.8, 4) is 11.8 Å². The lowest BCUT2D eigenvalue weighted by Gasteiger charge is -2.05. The number of hydrogen-bond donors (Lipinski definition) is 1. The minimum atomic E-state index is -0.0349. The molecule has 3 rings (SSSR count). The number of imidazole rings is 1. The Balaban J connectivity index is 1.61. The molecule has 0 saturated carbocycles. The SMILES string of the molecule is CC1CC=C(C(=O)NCc2cn(-c3ccc(C#N)cc3)cn2)S1. The van der Waals surface area contributed by atoms with Gasteiger partial charge in [-0.2, -0.15) is 5.26 Å². The van der Waals surface area contributed by atoms with Crippen molar-refractivity contribution in [3.63, 3.8) is 0 Å². The highest BCUT2D eigenvalue weighted by Crippen LogP contribution is 2.31. The highest BCUT2D eigenvalue weighted by atomic mass is 32.2. The molecule has 1 aromatic carbocycles. The lowest BCUT2D eigenvalue weighted by Crippen LogP contribution is -2.23. The van der Waals surface area contributed by atoms with E-state index < -0.39 is 0 Å². The highest BCUT2D eigenvalue weighted by Gasteiger charge is 2.19. The molecule has 116 valence electrons. The van der Waals surface area contributed by atoms with Gasteiger partial charge in [-0.05, 0) is 30.7 Å². The molecule has 0 fully saturated rings. The van der Waals surface area contributed by atoms with Crippen molar-refractivity contribution in [3.05, 3.63) is 59.0 Å². The zero-order valence-electron chi connectivity index (χ0n) is 12.7. The number of allylic oxidation sites excluding steroid dienone is 1. The Morgan fingerprint density at radius 1 is 1.48 bits per heavy atom. The van der Waals surface area contributed by atoms with E-state index in [0.29, 0.717) is 17.4 Å². The zero-order chi connectivity index (χ0) is 16.2. The summed E-state index contributed by atoms with van der Waals surface area (Å²) in [6.45, 7) is 2.51. The van der Waals surface area contributed by atoms with E-state index in [1.54, 1.807) is 30.2 Å². The van der Waals surface area contributed by atoms with Gasteiger partial charge in [0.05, 0.1) is 35.1 Å². The standard InChI is InChI=1S/C17H16N4OS/c1-12-2-7-16(23-12)17(22)19-9-14-10-21(11-20-14)15-5-3-13(8-18)4-6-15/h3-7,10-12H,2,9H2,1H3,(H,19,22). The fourth-order valence-electron chi connectivity index (χ4n) is 2.29. The lowest BCUT2D eigenvalue weighted by molar-refractivity contribution is -0.116. The van der Waals surface area contributed by atoms with Crippen molar-refractivity contribution in [2.45, 2.75) is 25.1 Å². The summed E-state index contributed by atoms with van der Waals surface area (Å²) >= 11 is 1.61. The van der Waals surface area contributed by atoms with E-state index in [9.17, 15) is 4.79 Å². The van der Waals surface area contributed by atoms with Gasteiger partial charge in [0, 0.05) is 17.1 Å². The van der Waals surface area contributed by atoms with Crippen molar-refractivity contribution < 1.29 is 4.79 Å². The van der Waals surface area contributed by atoms with Crippen LogP contribution in [0.15, 0.2) is 47.8 Å². The molecule has 23 heavy (non-hydrogen) atoms. The molecule has 0 saturated heterocycles. The maximum absolute atomic E-state index is 12.0. The zero-order valence-corrected chi connectivity index (χ0v) is 13.5. The van der Waals surface area contributed by atoms with Gasteiger partial charge in [-0.1, -0.05) is 13.0 Å². The molecule has 0 radical (unpaired) electrons. The first kappa shape index (κ1) is 15.4. The molecule has 2 aromatic rings. The van der Waals surface area contributed by atoms with Crippen molar-refractivity contribution in [1.29, 1.82) is 5.26 Å². The van der Waals surface area contributed by atoms with E-state index in [0.717, 1.165) is 22.7 Å². The molecule has 1 unspecified atom stereocenters. The van der Waals surface area contributed by atoms with Gasteiger partial charge in [0.2, 0.25) is 0 Å². The summed E-state index contributed by atoms with van der Waals surface area (Å²) in [4.78, 5) is 17.1. The van der Waals surface area contributed by atoms with Crippen LogP contribution in [0.4, 0.5) is 0 Å². The summed E-state index contributed by atoms with van der Waals surface area (Å²) in [5.74, 6) is -0.0349. The van der Waals surface area contributed by atoms with Gasteiger partial charge in [0.1, 0.15) is 0 Å². The van der Waals surface area contributed by atoms with Crippen LogP contribution >= 0.6 is 11.8 Å². The first-order valence-corrected chi connectivity index (χ1v) is 8.22. The molecule has 1 amide bonds. The molecular weight excluding hydrogens is 308 g/mol. The maximum atomic E-state index is 12.0. The number of amides is 1. The Kier molecular flexibility index (Phi) is 4.49. The number of rotatable bonds is 4. The Morgan fingerprint density at radius 3 is 2.91 bits per heavy atom. The summed E-state index contributed by atoms with van der Waals surface area (Å²) < 4.78 is 1.87. The van der Waals surface area contributed by atoms with E-state index in [-0.39, 0.29) is 5.91 Å². The largest absolute Gasteiger partial charge is 0.346 e. The van der Waals surface area contributed by atoms with Crippen molar-refractivity contribution in [2.24, 2.45) is 0 Å². The van der Waals surface area contributed by atoms with Crippen molar-refractivity contribution >= 4 is 17.7 Å². The molecule has 0 bridgehead atoms. The first-order valence-electron chi connectivity index (χ1n) is 7.34. The van der Waals surface area contributed by atoms with Gasteiger partial charge < -0.3 is 9.88 Å². The van der Waals surface area contributed by atoms with E-state index in [1.165, 1.54) is 0 Å². The second-order valence-corrected chi connectivity index (χ2v) is 6.83. The molecular formula is C17H16N4OS. The predicted molar refractivity (Wildman–Crippen MR) is 89.9 cm³/mol. The highest BCUT2D eigenvalue weighted by molar-refractivity contribution is 8.04. The molecule has 2 heterocycles. The monoisotopic (exact) mass is 324 g/mol. The van der Waals surface area contributed by atoms with Crippen molar-refractivity contribution in [1.82, 2.24) is 14.9 Å². The van der Waals surface area contributed by atoms with Crippen LogP contribution < -0.4 is 5.32 Å². The van der Waals surface area contributed by atoms with Crippen molar-refractivity contribution in [2.75, 3.05) is 0 Å². The molecule has 1 aliphatic rings. The molecule has 1 atom stereocenters. The summed E-state index contributed by atoms with van der Waals surface area (Å²) in [5, 5.41) is 12.2. The minimum absolute atomic E-state index is 0.0349. The lowest BCUT2D eigenvalue weighted by atomic mass is 10.2. The average Bonchev–Trinajstić information content (AvgIpc) is 3.22. The fourth-order valence-corrected chi connectivity index (χ4v) is 3.29. The van der Waals surface area contributed by atoms with Gasteiger partial charge >= 0.3 is 0 Å². The molecule has 1 N–H and O–H groups in total. The van der Waals surface area contributed by atoms with Crippen LogP contribution in [0.25, 0.3) is 5.69 Å². The maximum Gasteiger partial charge on any atom is 0.257 e.